The number of hydrogen-bond donors (Lipinski definition) is 3. The van der Waals surface area contributed by atoms with Gasteiger partial charge < -0.3 is 10.8 Å². The van der Waals surface area contributed by atoms with Crippen molar-refractivity contribution in [2.24, 2.45) is 5.73 Å². The van der Waals surface area contributed by atoms with E-state index in [1.807, 2.05) is 13.8 Å². The highest BCUT2D eigenvalue weighted by molar-refractivity contribution is 4.73. The molecule has 0 saturated carbocycles. The normalized spacial score (nSPS) is 12.0. The molecule has 0 unspecified atom stereocenters. The lowest BCUT2D eigenvalue weighted by Crippen LogP contribution is -2.45. The Balaban J connectivity index is 3.37. The van der Waals surface area contributed by atoms with Crippen molar-refractivity contribution < 1.29 is 5.11 Å². The Morgan fingerprint density at radius 2 is 2.12 bits per heavy atom. The first kappa shape index (κ1) is 7.88. The molecule has 0 amide bonds. The summed E-state index contributed by atoms with van der Waals surface area (Å²) in [7, 11) is 0. The third kappa shape index (κ3) is 2.96. The summed E-state index contributed by atoms with van der Waals surface area (Å²) in [5, 5.41) is 11.5. The quantitative estimate of drug-likeness (QED) is 0.428. The van der Waals surface area contributed by atoms with Crippen molar-refractivity contribution in [2.45, 2.75) is 19.4 Å². The van der Waals surface area contributed by atoms with E-state index in [1.54, 1.807) is 0 Å². The minimum atomic E-state index is -0.227. The summed E-state index contributed by atoms with van der Waals surface area (Å²) in [6, 6.07) is 0. The molecule has 0 aromatic heterocycles. The largest absolute Gasteiger partial charge is 0.394 e. The van der Waals surface area contributed by atoms with Crippen molar-refractivity contribution in [1.29, 1.82) is 0 Å². The monoisotopic (exact) mass is 118 g/mol. The van der Waals surface area contributed by atoms with Crippen molar-refractivity contribution in [2.75, 3.05) is 13.3 Å². The van der Waals surface area contributed by atoms with E-state index in [0.717, 1.165) is 0 Å². The van der Waals surface area contributed by atoms with Gasteiger partial charge >= 0.3 is 0 Å². The Morgan fingerprint density at radius 1 is 1.62 bits per heavy atom. The van der Waals surface area contributed by atoms with Gasteiger partial charge in [-0.3, -0.25) is 5.32 Å². The minimum absolute atomic E-state index is 0.115. The van der Waals surface area contributed by atoms with Crippen LogP contribution in [0.25, 0.3) is 0 Å². The van der Waals surface area contributed by atoms with E-state index in [1.165, 1.54) is 0 Å². The van der Waals surface area contributed by atoms with Crippen LogP contribution < -0.4 is 11.1 Å². The van der Waals surface area contributed by atoms with Crippen LogP contribution in [0.1, 0.15) is 13.8 Å². The maximum Gasteiger partial charge on any atom is 0.0608 e. The summed E-state index contributed by atoms with van der Waals surface area (Å²) < 4.78 is 0. The van der Waals surface area contributed by atoms with Crippen molar-refractivity contribution in [1.82, 2.24) is 5.32 Å². The van der Waals surface area contributed by atoms with Gasteiger partial charge in [0.25, 0.3) is 0 Å². The van der Waals surface area contributed by atoms with Gasteiger partial charge in [0.1, 0.15) is 0 Å². The summed E-state index contributed by atoms with van der Waals surface area (Å²) in [5.74, 6) is 0. The van der Waals surface area contributed by atoms with Crippen molar-refractivity contribution in [3.63, 3.8) is 0 Å². The Bertz CT molecular complexity index is 63.4. The van der Waals surface area contributed by atoms with E-state index < -0.39 is 0 Å². The van der Waals surface area contributed by atoms with E-state index in [9.17, 15) is 0 Å². The van der Waals surface area contributed by atoms with Gasteiger partial charge in [0, 0.05) is 12.2 Å². The zero-order valence-corrected chi connectivity index (χ0v) is 5.44. The maximum absolute atomic E-state index is 8.61. The van der Waals surface area contributed by atoms with Crippen molar-refractivity contribution in [3.8, 4) is 0 Å². The molecule has 0 fully saturated rings. The number of rotatable bonds is 3. The van der Waals surface area contributed by atoms with Crippen LogP contribution in [0.15, 0.2) is 0 Å². The molecule has 3 heteroatoms. The first-order valence-electron chi connectivity index (χ1n) is 2.68. The van der Waals surface area contributed by atoms with Crippen molar-refractivity contribution in [3.05, 3.63) is 0 Å². The van der Waals surface area contributed by atoms with Gasteiger partial charge in [0.05, 0.1) is 6.61 Å². The molecular weight excluding hydrogens is 104 g/mol. The minimum Gasteiger partial charge on any atom is -0.394 e. The van der Waals surface area contributed by atoms with Gasteiger partial charge in [-0.25, -0.2) is 0 Å². The Morgan fingerprint density at radius 3 is 2.25 bits per heavy atom. The molecule has 0 spiro atoms. The molecule has 0 saturated heterocycles. The summed E-state index contributed by atoms with van der Waals surface area (Å²) >= 11 is 0. The van der Waals surface area contributed by atoms with Crippen LogP contribution in [0.2, 0.25) is 0 Å². The fourth-order valence-electron chi connectivity index (χ4n) is 0.332. The molecule has 0 aromatic carbocycles. The van der Waals surface area contributed by atoms with Gasteiger partial charge in [0.15, 0.2) is 0 Å². The third-order valence-corrected chi connectivity index (χ3v) is 0.976. The van der Waals surface area contributed by atoms with Crippen LogP contribution >= 0.6 is 0 Å². The van der Waals surface area contributed by atoms with Gasteiger partial charge in [-0.15, -0.1) is 0 Å². The Labute approximate surface area is 49.9 Å². The summed E-state index contributed by atoms with van der Waals surface area (Å²) in [4.78, 5) is 0. The lowest BCUT2D eigenvalue weighted by Gasteiger charge is -2.21. The molecular formula is C5H14N2O. The summed E-state index contributed by atoms with van der Waals surface area (Å²) in [6.07, 6.45) is 0. The predicted octanol–water partition coefficient (Wildman–Crippen LogP) is -0.737. The highest BCUT2D eigenvalue weighted by atomic mass is 16.3. The summed E-state index contributed by atoms with van der Waals surface area (Å²) in [5.41, 5.74) is 4.94. The topological polar surface area (TPSA) is 58.3 Å². The van der Waals surface area contributed by atoms with E-state index in [-0.39, 0.29) is 12.1 Å². The molecule has 8 heavy (non-hydrogen) atoms. The number of aliphatic hydroxyl groups is 1. The van der Waals surface area contributed by atoms with Gasteiger partial charge in [-0.05, 0) is 13.8 Å². The molecule has 0 radical (unpaired) electrons. The number of nitrogens with two attached hydrogens (primary N) is 1. The molecule has 0 aromatic rings. The van der Waals surface area contributed by atoms with Crippen LogP contribution in [-0.4, -0.2) is 23.9 Å². The smallest absolute Gasteiger partial charge is 0.0608 e. The zero-order chi connectivity index (χ0) is 6.62. The Kier molecular flexibility index (Phi) is 2.97. The molecule has 0 rings (SSSR count). The van der Waals surface area contributed by atoms with Crippen LogP contribution in [0, 0.1) is 0 Å². The fourth-order valence-corrected chi connectivity index (χ4v) is 0.332. The molecule has 0 aliphatic carbocycles. The second-order valence-electron chi connectivity index (χ2n) is 2.42. The van der Waals surface area contributed by atoms with Gasteiger partial charge in [-0.2, -0.15) is 0 Å². The fraction of sp³-hybridized carbons (Fsp3) is 1.00. The van der Waals surface area contributed by atoms with Crippen LogP contribution in [0.5, 0.6) is 0 Å². The standard InChI is InChI=1S/C5H14N2O/c1-5(2,3-8)7-4-6/h7-8H,3-4,6H2,1-2H3. The molecule has 0 aliphatic heterocycles. The molecule has 0 atom stereocenters. The number of aliphatic hydroxyl groups excluding tert-OH is 1. The van der Waals surface area contributed by atoms with Gasteiger partial charge in [0.2, 0.25) is 0 Å². The van der Waals surface area contributed by atoms with Crippen LogP contribution in [0.3, 0.4) is 0 Å². The second kappa shape index (κ2) is 3.02. The third-order valence-electron chi connectivity index (χ3n) is 0.976. The zero-order valence-electron chi connectivity index (χ0n) is 5.44. The highest BCUT2D eigenvalue weighted by Crippen LogP contribution is 1.96. The first-order chi connectivity index (χ1) is 3.62. The van der Waals surface area contributed by atoms with Crippen LogP contribution in [-0.2, 0) is 0 Å². The lowest BCUT2D eigenvalue weighted by atomic mass is 10.1. The lowest BCUT2D eigenvalue weighted by molar-refractivity contribution is 0.190. The van der Waals surface area contributed by atoms with E-state index >= 15 is 0 Å². The Hall–Kier alpha value is -0.120. The van der Waals surface area contributed by atoms with Gasteiger partial charge in [-0.1, -0.05) is 0 Å². The van der Waals surface area contributed by atoms with E-state index in [2.05, 4.69) is 5.32 Å². The SMILES string of the molecule is CC(C)(CO)NCN. The van der Waals surface area contributed by atoms with Crippen molar-refractivity contribution >= 4 is 0 Å². The summed E-state index contributed by atoms with van der Waals surface area (Å²) in [6.45, 7) is 4.30. The molecule has 3 nitrogen and oxygen atoms in total. The van der Waals surface area contributed by atoms with E-state index in [0.29, 0.717) is 6.67 Å². The number of nitrogens with one attached hydrogen (secondary N) is 1. The molecule has 0 bridgehead atoms. The van der Waals surface area contributed by atoms with E-state index in [4.69, 9.17) is 10.8 Å². The molecule has 0 aliphatic rings. The molecule has 4 N–H and O–H groups in total. The average molecular weight is 118 g/mol. The second-order valence-corrected chi connectivity index (χ2v) is 2.42. The maximum atomic E-state index is 8.61. The molecule has 50 valence electrons. The first-order valence-corrected chi connectivity index (χ1v) is 2.68. The van der Waals surface area contributed by atoms with Crippen LogP contribution in [0.4, 0.5) is 0 Å². The highest BCUT2D eigenvalue weighted by Gasteiger charge is 2.12. The average Bonchev–Trinajstić information content (AvgIpc) is 1.67. The number of hydrogen-bond acceptors (Lipinski definition) is 3. The predicted molar refractivity (Wildman–Crippen MR) is 33.4 cm³/mol. The molecule has 0 heterocycles.